The quantitative estimate of drug-likeness (QED) is 0.490. The Morgan fingerprint density at radius 3 is 2.19 bits per heavy atom. The number of carbonyl (C=O) groups is 3. The van der Waals surface area contributed by atoms with E-state index in [-0.39, 0.29) is 18.1 Å². The summed E-state index contributed by atoms with van der Waals surface area (Å²) in [6.07, 6.45) is -0.647. The number of fused-ring (bicyclic) bond motifs is 3. The summed E-state index contributed by atoms with van der Waals surface area (Å²) >= 11 is 0. The maximum atomic E-state index is 12.4. The number of nitrogens with one attached hydrogen (secondary N) is 2. The van der Waals surface area contributed by atoms with Crippen molar-refractivity contribution in [3.63, 3.8) is 0 Å². The van der Waals surface area contributed by atoms with Crippen LogP contribution >= 0.6 is 0 Å². The molecule has 0 aliphatic heterocycles. The SMILES string of the molecule is O=C(O)CONC(=O)c1cccc(NC(=O)OCC2c3ccccc3-c3ccccc32)c1. The van der Waals surface area contributed by atoms with Gasteiger partial charge in [-0.25, -0.2) is 15.1 Å². The van der Waals surface area contributed by atoms with Gasteiger partial charge in [-0.1, -0.05) is 54.6 Å². The van der Waals surface area contributed by atoms with Crippen LogP contribution in [-0.2, 0) is 14.4 Å². The first-order valence-electron chi connectivity index (χ1n) is 9.89. The molecule has 0 aromatic heterocycles. The van der Waals surface area contributed by atoms with Gasteiger partial charge in [-0.3, -0.25) is 14.9 Å². The zero-order valence-electron chi connectivity index (χ0n) is 16.9. The molecule has 3 aromatic rings. The number of rotatable bonds is 7. The highest BCUT2D eigenvalue weighted by Crippen LogP contribution is 2.44. The smallest absolute Gasteiger partial charge is 0.411 e. The molecule has 2 amide bonds. The standard InChI is InChI=1S/C24H20N2O6/c27-22(28)14-32-26-23(29)15-6-5-7-16(12-15)25-24(30)31-13-21-19-10-3-1-8-17(19)18-9-2-4-11-20(18)21/h1-12,21H,13-14H2,(H,25,30)(H,26,29)(H,27,28). The molecular formula is C24H20N2O6. The van der Waals surface area contributed by atoms with Crippen LogP contribution in [0.4, 0.5) is 10.5 Å². The Balaban J connectivity index is 1.38. The average Bonchev–Trinajstić information content (AvgIpc) is 3.11. The predicted molar refractivity (Wildman–Crippen MR) is 116 cm³/mol. The van der Waals surface area contributed by atoms with Crippen molar-refractivity contribution < 1.29 is 29.1 Å². The van der Waals surface area contributed by atoms with Crippen LogP contribution in [0, 0.1) is 0 Å². The zero-order chi connectivity index (χ0) is 22.5. The Hall–Kier alpha value is -4.17. The van der Waals surface area contributed by atoms with Gasteiger partial charge in [0.2, 0.25) is 0 Å². The van der Waals surface area contributed by atoms with E-state index in [9.17, 15) is 14.4 Å². The summed E-state index contributed by atoms with van der Waals surface area (Å²) in [4.78, 5) is 39.4. The van der Waals surface area contributed by atoms with Gasteiger partial charge in [0.15, 0.2) is 6.61 Å². The number of ether oxygens (including phenoxy) is 1. The van der Waals surface area contributed by atoms with E-state index in [1.807, 2.05) is 41.9 Å². The maximum Gasteiger partial charge on any atom is 0.411 e. The van der Waals surface area contributed by atoms with Crippen LogP contribution in [0.25, 0.3) is 11.1 Å². The van der Waals surface area contributed by atoms with E-state index >= 15 is 0 Å². The molecule has 8 heteroatoms. The third-order valence-electron chi connectivity index (χ3n) is 5.08. The number of hydrogen-bond acceptors (Lipinski definition) is 5. The Morgan fingerprint density at radius 2 is 1.53 bits per heavy atom. The molecule has 0 saturated carbocycles. The number of aliphatic carboxylic acids is 1. The summed E-state index contributed by atoms with van der Waals surface area (Å²) in [6.45, 7) is -0.494. The lowest BCUT2D eigenvalue weighted by atomic mass is 9.98. The highest BCUT2D eigenvalue weighted by Gasteiger charge is 2.29. The van der Waals surface area contributed by atoms with Crippen LogP contribution in [0.5, 0.6) is 0 Å². The van der Waals surface area contributed by atoms with Crippen molar-refractivity contribution in [3.8, 4) is 11.1 Å². The average molecular weight is 432 g/mol. The van der Waals surface area contributed by atoms with Crippen LogP contribution in [-0.4, -0.2) is 36.3 Å². The van der Waals surface area contributed by atoms with Crippen molar-refractivity contribution in [2.45, 2.75) is 5.92 Å². The van der Waals surface area contributed by atoms with Crippen molar-refractivity contribution >= 4 is 23.7 Å². The van der Waals surface area contributed by atoms with E-state index in [2.05, 4.69) is 22.3 Å². The molecule has 0 radical (unpaired) electrons. The Bertz CT molecular complexity index is 1130. The van der Waals surface area contributed by atoms with Crippen molar-refractivity contribution in [3.05, 3.63) is 89.5 Å². The molecule has 8 nitrogen and oxygen atoms in total. The predicted octanol–water partition coefficient (Wildman–Crippen LogP) is 3.79. The topological polar surface area (TPSA) is 114 Å². The second-order valence-electron chi connectivity index (χ2n) is 7.14. The fourth-order valence-electron chi connectivity index (χ4n) is 3.71. The van der Waals surface area contributed by atoms with Crippen LogP contribution in [0.15, 0.2) is 72.8 Å². The van der Waals surface area contributed by atoms with Crippen molar-refractivity contribution in [1.82, 2.24) is 5.48 Å². The third-order valence-corrected chi connectivity index (χ3v) is 5.08. The summed E-state index contributed by atoms with van der Waals surface area (Å²) in [6, 6.07) is 22.2. The molecule has 0 heterocycles. The molecule has 0 fully saturated rings. The van der Waals surface area contributed by atoms with Gasteiger partial charge >= 0.3 is 12.1 Å². The number of carboxylic acids is 1. The van der Waals surface area contributed by atoms with Crippen LogP contribution in [0.2, 0.25) is 0 Å². The van der Waals surface area contributed by atoms with E-state index in [0.717, 1.165) is 22.3 Å². The second kappa shape index (κ2) is 9.32. The molecule has 0 atom stereocenters. The van der Waals surface area contributed by atoms with E-state index in [4.69, 9.17) is 9.84 Å². The Kier molecular flexibility index (Phi) is 6.14. The molecule has 3 aromatic carbocycles. The van der Waals surface area contributed by atoms with Gasteiger partial charge in [0.1, 0.15) is 6.61 Å². The zero-order valence-corrected chi connectivity index (χ0v) is 16.9. The van der Waals surface area contributed by atoms with Crippen molar-refractivity contribution in [2.75, 3.05) is 18.5 Å². The van der Waals surface area contributed by atoms with Crippen LogP contribution in [0.3, 0.4) is 0 Å². The van der Waals surface area contributed by atoms with Gasteiger partial charge in [-0.05, 0) is 40.5 Å². The van der Waals surface area contributed by atoms with Crippen LogP contribution in [0.1, 0.15) is 27.4 Å². The normalized spacial score (nSPS) is 11.9. The lowest BCUT2D eigenvalue weighted by Crippen LogP contribution is -2.26. The first-order valence-corrected chi connectivity index (χ1v) is 9.89. The lowest BCUT2D eigenvalue weighted by Gasteiger charge is -2.15. The van der Waals surface area contributed by atoms with Gasteiger partial charge in [0.05, 0.1) is 0 Å². The van der Waals surface area contributed by atoms with E-state index in [1.54, 1.807) is 12.1 Å². The fraction of sp³-hybridized carbons (Fsp3) is 0.125. The van der Waals surface area contributed by atoms with Gasteiger partial charge in [-0.2, -0.15) is 0 Å². The molecule has 0 bridgehead atoms. The molecule has 4 rings (SSSR count). The largest absolute Gasteiger partial charge is 0.479 e. The molecule has 32 heavy (non-hydrogen) atoms. The second-order valence-corrected chi connectivity index (χ2v) is 7.14. The number of carbonyl (C=O) groups excluding carboxylic acids is 2. The Morgan fingerprint density at radius 1 is 0.875 bits per heavy atom. The third kappa shape index (κ3) is 4.60. The molecule has 0 saturated heterocycles. The van der Waals surface area contributed by atoms with E-state index in [0.29, 0.717) is 5.69 Å². The number of carboxylic acid groups (broad SMARTS) is 1. The van der Waals surface area contributed by atoms with Crippen molar-refractivity contribution in [2.24, 2.45) is 0 Å². The fourth-order valence-corrected chi connectivity index (χ4v) is 3.71. The van der Waals surface area contributed by atoms with Crippen LogP contribution < -0.4 is 10.8 Å². The van der Waals surface area contributed by atoms with E-state index < -0.39 is 24.6 Å². The first-order chi connectivity index (χ1) is 15.5. The lowest BCUT2D eigenvalue weighted by molar-refractivity contribution is -0.144. The highest BCUT2D eigenvalue weighted by molar-refractivity contribution is 5.95. The monoisotopic (exact) mass is 432 g/mol. The number of anilines is 1. The molecule has 3 N–H and O–H groups in total. The summed E-state index contributed by atoms with van der Waals surface area (Å²) in [7, 11) is 0. The number of benzene rings is 3. The minimum absolute atomic E-state index is 0.0587. The number of amides is 2. The minimum Gasteiger partial charge on any atom is -0.479 e. The van der Waals surface area contributed by atoms with Crippen molar-refractivity contribution in [1.29, 1.82) is 0 Å². The summed E-state index contributed by atoms with van der Waals surface area (Å²) in [5.74, 6) is -1.91. The van der Waals surface area contributed by atoms with Gasteiger partial charge < -0.3 is 9.84 Å². The van der Waals surface area contributed by atoms with Gasteiger partial charge in [-0.15, -0.1) is 0 Å². The van der Waals surface area contributed by atoms with Gasteiger partial charge in [0.25, 0.3) is 5.91 Å². The first kappa shape index (κ1) is 21.1. The summed E-state index contributed by atoms with van der Waals surface area (Å²) in [5, 5.41) is 11.1. The summed E-state index contributed by atoms with van der Waals surface area (Å²) < 4.78 is 5.49. The molecule has 162 valence electrons. The maximum absolute atomic E-state index is 12.4. The number of hydrogen-bond donors (Lipinski definition) is 3. The van der Waals surface area contributed by atoms with Gasteiger partial charge in [0, 0.05) is 17.2 Å². The van der Waals surface area contributed by atoms with E-state index in [1.165, 1.54) is 12.1 Å². The minimum atomic E-state index is -1.21. The highest BCUT2D eigenvalue weighted by atomic mass is 16.7. The molecular weight excluding hydrogens is 412 g/mol. The molecule has 0 spiro atoms. The number of hydroxylamine groups is 1. The molecule has 0 unspecified atom stereocenters. The molecule has 1 aliphatic rings. The molecule has 1 aliphatic carbocycles. The Labute approximate surface area is 183 Å². The summed E-state index contributed by atoms with van der Waals surface area (Å²) in [5.41, 5.74) is 7.07.